The molecule has 1 atom stereocenters. The van der Waals surface area contributed by atoms with Crippen LogP contribution in [0.2, 0.25) is 0 Å². The minimum atomic E-state index is 0.127. The van der Waals surface area contributed by atoms with Crippen molar-refractivity contribution in [3.05, 3.63) is 0 Å². The summed E-state index contributed by atoms with van der Waals surface area (Å²) in [4.78, 5) is 14.0. The van der Waals surface area contributed by atoms with Crippen molar-refractivity contribution in [1.82, 2.24) is 4.90 Å². The molecule has 1 spiro atoms. The first-order valence-electron chi connectivity index (χ1n) is 9.76. The van der Waals surface area contributed by atoms with Gasteiger partial charge in [-0.05, 0) is 50.4 Å². The summed E-state index contributed by atoms with van der Waals surface area (Å²) in [6, 6.07) is 0. The van der Waals surface area contributed by atoms with Gasteiger partial charge in [-0.25, -0.2) is 0 Å². The van der Waals surface area contributed by atoms with E-state index in [9.17, 15) is 4.79 Å². The van der Waals surface area contributed by atoms with E-state index in [-0.39, 0.29) is 24.0 Å². The Balaban J connectivity index is 1.35. The Morgan fingerprint density at radius 3 is 2.62 bits per heavy atom. The van der Waals surface area contributed by atoms with Gasteiger partial charge in [0, 0.05) is 26.3 Å². The largest absolute Gasteiger partial charge is 0.378 e. The second-order valence-corrected chi connectivity index (χ2v) is 7.84. The van der Waals surface area contributed by atoms with Gasteiger partial charge in [0.25, 0.3) is 0 Å². The molecule has 2 saturated heterocycles. The van der Waals surface area contributed by atoms with E-state index in [0.29, 0.717) is 6.61 Å². The van der Waals surface area contributed by atoms with Crippen LogP contribution in [0.1, 0.15) is 51.9 Å². The third-order valence-corrected chi connectivity index (χ3v) is 6.02. The molecule has 1 saturated carbocycles. The van der Waals surface area contributed by atoms with Crippen molar-refractivity contribution in [1.29, 1.82) is 0 Å². The number of carbonyl (C=O) groups excluding carboxylic acids is 1. The summed E-state index contributed by atoms with van der Waals surface area (Å²) in [5.41, 5.74) is 0.268. The normalized spacial score (nSPS) is 27.2. The molecule has 0 aromatic rings. The van der Waals surface area contributed by atoms with Crippen LogP contribution in [0.5, 0.6) is 0 Å². The molecular formula is C19H33NO4. The summed E-state index contributed by atoms with van der Waals surface area (Å²) in [5.74, 6) is 0.905. The summed E-state index contributed by atoms with van der Waals surface area (Å²) in [6.45, 7) is 6.90. The summed E-state index contributed by atoms with van der Waals surface area (Å²) in [7, 11) is 0. The Morgan fingerprint density at radius 2 is 1.92 bits per heavy atom. The van der Waals surface area contributed by atoms with Gasteiger partial charge in [-0.3, -0.25) is 4.79 Å². The number of amides is 1. The first-order valence-corrected chi connectivity index (χ1v) is 9.76. The molecule has 0 unspecified atom stereocenters. The molecule has 0 N–H and O–H groups in total. The highest BCUT2D eigenvalue weighted by atomic mass is 16.5. The fourth-order valence-electron chi connectivity index (χ4n) is 4.41. The van der Waals surface area contributed by atoms with E-state index in [1.807, 2.05) is 11.8 Å². The predicted molar refractivity (Wildman–Crippen MR) is 91.9 cm³/mol. The van der Waals surface area contributed by atoms with E-state index < -0.39 is 0 Å². The molecule has 138 valence electrons. The van der Waals surface area contributed by atoms with Gasteiger partial charge in [-0.15, -0.1) is 0 Å². The number of piperidine rings is 1. The first-order chi connectivity index (χ1) is 11.7. The number of carbonyl (C=O) groups is 1. The molecule has 0 aromatic heterocycles. The summed E-state index contributed by atoms with van der Waals surface area (Å²) in [5, 5.41) is 0. The van der Waals surface area contributed by atoms with Crippen LogP contribution in [0, 0.1) is 11.3 Å². The van der Waals surface area contributed by atoms with Gasteiger partial charge in [0.2, 0.25) is 5.91 Å². The second kappa shape index (κ2) is 8.63. The van der Waals surface area contributed by atoms with Gasteiger partial charge >= 0.3 is 0 Å². The van der Waals surface area contributed by atoms with Crippen LogP contribution in [0.4, 0.5) is 0 Å². The van der Waals surface area contributed by atoms with E-state index in [1.54, 1.807) is 0 Å². The Morgan fingerprint density at radius 1 is 1.17 bits per heavy atom. The monoisotopic (exact) mass is 339 g/mol. The molecule has 3 fully saturated rings. The zero-order chi connectivity index (χ0) is 16.8. The maximum absolute atomic E-state index is 12.0. The van der Waals surface area contributed by atoms with Crippen LogP contribution >= 0.6 is 0 Å². The van der Waals surface area contributed by atoms with E-state index in [4.69, 9.17) is 14.2 Å². The minimum Gasteiger partial charge on any atom is -0.378 e. The molecule has 2 aliphatic heterocycles. The van der Waals surface area contributed by atoms with Crippen LogP contribution < -0.4 is 0 Å². The van der Waals surface area contributed by atoms with Crippen molar-refractivity contribution in [2.75, 3.05) is 46.1 Å². The van der Waals surface area contributed by atoms with Crippen molar-refractivity contribution in [3.63, 3.8) is 0 Å². The average molecular weight is 339 g/mol. The van der Waals surface area contributed by atoms with Gasteiger partial charge in [-0.2, -0.15) is 0 Å². The van der Waals surface area contributed by atoms with Crippen LogP contribution in [0.15, 0.2) is 0 Å². The van der Waals surface area contributed by atoms with E-state index in [2.05, 4.69) is 0 Å². The fourth-order valence-corrected chi connectivity index (χ4v) is 4.41. The van der Waals surface area contributed by atoms with Crippen LogP contribution in [-0.4, -0.2) is 63.0 Å². The van der Waals surface area contributed by atoms with Crippen LogP contribution in [0.3, 0.4) is 0 Å². The molecule has 0 bridgehead atoms. The lowest BCUT2D eigenvalue weighted by Crippen LogP contribution is -2.45. The molecule has 1 aliphatic carbocycles. The molecule has 5 heteroatoms. The fraction of sp³-hybridized carbons (Fsp3) is 0.947. The lowest BCUT2D eigenvalue weighted by molar-refractivity contribution is -0.138. The van der Waals surface area contributed by atoms with Gasteiger partial charge in [-0.1, -0.05) is 12.8 Å². The van der Waals surface area contributed by atoms with Crippen LogP contribution in [-0.2, 0) is 19.0 Å². The Bertz CT molecular complexity index is 400. The van der Waals surface area contributed by atoms with E-state index in [0.717, 1.165) is 58.1 Å². The van der Waals surface area contributed by atoms with Crippen molar-refractivity contribution >= 4 is 5.91 Å². The summed E-state index contributed by atoms with van der Waals surface area (Å²) >= 11 is 0. The Labute approximate surface area is 146 Å². The Hall–Kier alpha value is -0.650. The lowest BCUT2D eigenvalue weighted by Gasteiger charge is -2.38. The number of rotatable bonds is 7. The Kier molecular flexibility index (Phi) is 6.53. The van der Waals surface area contributed by atoms with Crippen molar-refractivity contribution < 1.29 is 19.0 Å². The highest BCUT2D eigenvalue weighted by Gasteiger charge is 2.43. The lowest BCUT2D eigenvalue weighted by atomic mass is 9.76. The standard InChI is InChI=1S/C19H33NO4/c1-2-22-14-18(21)20-9-7-19(8-10-20)11-17(24-15-19)13-23-12-16-5-3-4-6-16/h16-17H,2-15H2,1H3/t17-/m1/s1. The zero-order valence-corrected chi connectivity index (χ0v) is 15.1. The SMILES string of the molecule is CCOCC(=O)N1CCC2(CC1)CO[C@@H](COCC1CCCC1)C2. The van der Waals surface area contributed by atoms with E-state index in [1.165, 1.54) is 25.7 Å². The van der Waals surface area contributed by atoms with Gasteiger partial charge in [0.15, 0.2) is 0 Å². The molecule has 24 heavy (non-hydrogen) atoms. The smallest absolute Gasteiger partial charge is 0.248 e. The molecule has 3 rings (SSSR count). The maximum Gasteiger partial charge on any atom is 0.248 e. The van der Waals surface area contributed by atoms with Gasteiger partial charge in [0.05, 0.1) is 19.3 Å². The molecule has 0 radical (unpaired) electrons. The number of hydrogen-bond donors (Lipinski definition) is 0. The molecule has 3 aliphatic rings. The predicted octanol–water partition coefficient (Wildman–Crippen LogP) is 2.63. The number of nitrogens with zero attached hydrogens (tertiary/aromatic N) is 1. The van der Waals surface area contributed by atoms with Crippen molar-refractivity contribution in [2.24, 2.45) is 11.3 Å². The molecule has 2 heterocycles. The third-order valence-electron chi connectivity index (χ3n) is 6.02. The zero-order valence-electron chi connectivity index (χ0n) is 15.1. The highest BCUT2D eigenvalue weighted by Crippen LogP contribution is 2.42. The quantitative estimate of drug-likeness (QED) is 0.715. The maximum atomic E-state index is 12.0. The van der Waals surface area contributed by atoms with Crippen molar-refractivity contribution in [2.45, 2.75) is 58.0 Å². The molecule has 0 aromatic carbocycles. The average Bonchev–Trinajstić information content (AvgIpc) is 3.24. The highest BCUT2D eigenvalue weighted by molar-refractivity contribution is 5.77. The number of hydrogen-bond acceptors (Lipinski definition) is 4. The first kappa shape index (κ1) is 18.2. The number of likely N-dealkylation sites (tertiary alicyclic amines) is 1. The van der Waals surface area contributed by atoms with Crippen LogP contribution in [0.25, 0.3) is 0 Å². The van der Waals surface area contributed by atoms with E-state index >= 15 is 0 Å². The minimum absolute atomic E-state index is 0.127. The van der Waals surface area contributed by atoms with Crippen molar-refractivity contribution in [3.8, 4) is 0 Å². The van der Waals surface area contributed by atoms with Gasteiger partial charge in [0.1, 0.15) is 6.61 Å². The molecule has 5 nitrogen and oxygen atoms in total. The topological polar surface area (TPSA) is 48.0 Å². The van der Waals surface area contributed by atoms with Gasteiger partial charge < -0.3 is 19.1 Å². The molecule has 1 amide bonds. The molecular weight excluding hydrogens is 306 g/mol. The third kappa shape index (κ3) is 4.70. The summed E-state index contributed by atoms with van der Waals surface area (Å²) < 4.78 is 17.2. The summed E-state index contributed by atoms with van der Waals surface area (Å²) in [6.07, 6.45) is 8.84. The number of ether oxygens (including phenoxy) is 3. The second-order valence-electron chi connectivity index (χ2n) is 7.84.